The number of rotatable bonds is 6. The SMILES string of the molecule is CC(C)(CCO)NCCc1ccc(F)c(F)c1. The Balaban J connectivity index is 2.43. The molecule has 1 aromatic rings. The van der Waals surface area contributed by atoms with E-state index in [1.54, 1.807) is 6.07 Å². The van der Waals surface area contributed by atoms with Crippen LogP contribution in [-0.4, -0.2) is 23.8 Å². The largest absolute Gasteiger partial charge is 0.396 e. The second-order valence-corrected chi connectivity index (χ2v) is 4.78. The Morgan fingerprint density at radius 3 is 2.53 bits per heavy atom. The van der Waals surface area contributed by atoms with Crippen molar-refractivity contribution >= 4 is 0 Å². The van der Waals surface area contributed by atoms with E-state index >= 15 is 0 Å². The van der Waals surface area contributed by atoms with Gasteiger partial charge in [-0.25, -0.2) is 8.78 Å². The maximum atomic E-state index is 12.9. The molecule has 0 heterocycles. The van der Waals surface area contributed by atoms with Crippen molar-refractivity contribution in [2.24, 2.45) is 0 Å². The average molecular weight is 243 g/mol. The van der Waals surface area contributed by atoms with Crippen molar-refractivity contribution in [3.05, 3.63) is 35.4 Å². The normalized spacial score (nSPS) is 11.8. The Kier molecular flexibility index (Phi) is 5.02. The van der Waals surface area contributed by atoms with Crippen LogP contribution in [0.15, 0.2) is 18.2 Å². The summed E-state index contributed by atoms with van der Waals surface area (Å²) in [6.07, 6.45) is 1.29. The lowest BCUT2D eigenvalue weighted by atomic mass is 10.0. The molecule has 0 bridgehead atoms. The van der Waals surface area contributed by atoms with Crippen LogP contribution < -0.4 is 5.32 Å². The quantitative estimate of drug-likeness (QED) is 0.803. The second kappa shape index (κ2) is 6.07. The van der Waals surface area contributed by atoms with E-state index in [2.05, 4.69) is 5.32 Å². The topological polar surface area (TPSA) is 32.3 Å². The molecule has 0 saturated heterocycles. The predicted molar refractivity (Wildman–Crippen MR) is 63.8 cm³/mol. The summed E-state index contributed by atoms with van der Waals surface area (Å²) in [6, 6.07) is 3.94. The summed E-state index contributed by atoms with van der Waals surface area (Å²) >= 11 is 0. The molecule has 0 unspecified atom stereocenters. The number of hydrogen-bond acceptors (Lipinski definition) is 2. The van der Waals surface area contributed by atoms with Crippen LogP contribution in [0.2, 0.25) is 0 Å². The Labute approximate surface area is 101 Å². The molecular formula is C13H19F2NO. The highest BCUT2D eigenvalue weighted by Crippen LogP contribution is 2.10. The van der Waals surface area contributed by atoms with Gasteiger partial charge in [0.2, 0.25) is 0 Å². The van der Waals surface area contributed by atoms with Crippen molar-refractivity contribution in [2.45, 2.75) is 32.2 Å². The number of nitrogens with one attached hydrogen (secondary N) is 1. The van der Waals surface area contributed by atoms with Gasteiger partial charge in [0.05, 0.1) is 0 Å². The Morgan fingerprint density at radius 2 is 1.94 bits per heavy atom. The van der Waals surface area contributed by atoms with E-state index in [9.17, 15) is 8.78 Å². The highest BCUT2D eigenvalue weighted by molar-refractivity contribution is 5.18. The lowest BCUT2D eigenvalue weighted by Gasteiger charge is -2.25. The molecule has 1 rings (SSSR count). The second-order valence-electron chi connectivity index (χ2n) is 4.78. The zero-order valence-corrected chi connectivity index (χ0v) is 10.3. The van der Waals surface area contributed by atoms with Crippen molar-refractivity contribution in [3.8, 4) is 0 Å². The van der Waals surface area contributed by atoms with Gasteiger partial charge in [-0.05, 0) is 50.9 Å². The fraction of sp³-hybridized carbons (Fsp3) is 0.538. The average Bonchev–Trinajstić information content (AvgIpc) is 2.23. The van der Waals surface area contributed by atoms with Crippen molar-refractivity contribution in [2.75, 3.05) is 13.2 Å². The maximum absolute atomic E-state index is 12.9. The van der Waals surface area contributed by atoms with Crippen LogP contribution in [0.4, 0.5) is 8.78 Å². The smallest absolute Gasteiger partial charge is 0.159 e. The summed E-state index contributed by atoms with van der Waals surface area (Å²) in [5.74, 6) is -1.63. The van der Waals surface area contributed by atoms with Gasteiger partial charge in [0.15, 0.2) is 11.6 Å². The summed E-state index contributed by atoms with van der Waals surface area (Å²) in [7, 11) is 0. The van der Waals surface area contributed by atoms with E-state index < -0.39 is 11.6 Å². The van der Waals surface area contributed by atoms with Gasteiger partial charge in [0, 0.05) is 12.1 Å². The predicted octanol–water partition coefficient (Wildman–Crippen LogP) is 2.26. The lowest BCUT2D eigenvalue weighted by Crippen LogP contribution is -2.41. The molecule has 0 radical (unpaired) electrons. The van der Waals surface area contributed by atoms with Crippen LogP contribution in [0.25, 0.3) is 0 Å². The molecule has 0 aliphatic heterocycles. The monoisotopic (exact) mass is 243 g/mol. The highest BCUT2D eigenvalue weighted by Gasteiger charge is 2.15. The molecule has 2 nitrogen and oxygen atoms in total. The number of aliphatic hydroxyl groups excluding tert-OH is 1. The zero-order chi connectivity index (χ0) is 12.9. The standard InChI is InChI=1S/C13H19F2NO/c1-13(2,6-8-17)16-7-5-10-3-4-11(14)12(15)9-10/h3-4,9,16-17H,5-8H2,1-2H3. The third-order valence-corrected chi connectivity index (χ3v) is 2.74. The van der Waals surface area contributed by atoms with Gasteiger partial charge >= 0.3 is 0 Å². The van der Waals surface area contributed by atoms with E-state index in [-0.39, 0.29) is 12.1 Å². The third kappa shape index (κ3) is 4.79. The van der Waals surface area contributed by atoms with Crippen molar-refractivity contribution in [3.63, 3.8) is 0 Å². The molecule has 1 aromatic carbocycles. The summed E-state index contributed by atoms with van der Waals surface area (Å²) < 4.78 is 25.6. The van der Waals surface area contributed by atoms with Crippen molar-refractivity contribution in [1.29, 1.82) is 0 Å². The zero-order valence-electron chi connectivity index (χ0n) is 10.3. The molecule has 0 aliphatic rings. The van der Waals surface area contributed by atoms with Crippen LogP contribution in [0, 0.1) is 11.6 Å². The fourth-order valence-electron chi connectivity index (χ4n) is 1.61. The molecule has 0 aromatic heterocycles. The van der Waals surface area contributed by atoms with Gasteiger partial charge in [-0.3, -0.25) is 0 Å². The van der Waals surface area contributed by atoms with Crippen LogP contribution in [0.1, 0.15) is 25.8 Å². The van der Waals surface area contributed by atoms with Crippen LogP contribution >= 0.6 is 0 Å². The van der Waals surface area contributed by atoms with E-state index in [1.807, 2.05) is 13.8 Å². The van der Waals surface area contributed by atoms with Crippen molar-refractivity contribution < 1.29 is 13.9 Å². The summed E-state index contributed by atoms with van der Waals surface area (Å²) in [4.78, 5) is 0. The molecule has 0 amide bonds. The Hall–Kier alpha value is -1.00. The van der Waals surface area contributed by atoms with E-state index in [0.29, 0.717) is 19.4 Å². The van der Waals surface area contributed by atoms with E-state index in [1.165, 1.54) is 6.07 Å². The summed E-state index contributed by atoms with van der Waals surface area (Å²) in [5.41, 5.74) is 0.615. The minimum Gasteiger partial charge on any atom is -0.396 e. The molecule has 0 saturated carbocycles. The first-order valence-electron chi connectivity index (χ1n) is 5.74. The van der Waals surface area contributed by atoms with E-state index in [0.717, 1.165) is 11.6 Å². The minimum atomic E-state index is -0.817. The maximum Gasteiger partial charge on any atom is 0.159 e. The first-order chi connectivity index (χ1) is 7.94. The number of halogens is 2. The Bertz CT molecular complexity index is 366. The molecule has 2 N–H and O–H groups in total. The number of hydrogen-bond donors (Lipinski definition) is 2. The van der Waals surface area contributed by atoms with Crippen molar-refractivity contribution in [1.82, 2.24) is 5.32 Å². The molecule has 0 spiro atoms. The molecule has 17 heavy (non-hydrogen) atoms. The molecule has 0 aliphatic carbocycles. The summed E-state index contributed by atoms with van der Waals surface area (Å²) in [5, 5.41) is 12.1. The van der Waals surface area contributed by atoms with Gasteiger partial charge in [0.1, 0.15) is 0 Å². The highest BCUT2D eigenvalue weighted by atomic mass is 19.2. The van der Waals surface area contributed by atoms with Gasteiger partial charge in [0.25, 0.3) is 0 Å². The first-order valence-corrected chi connectivity index (χ1v) is 5.74. The molecule has 0 fully saturated rings. The number of benzene rings is 1. The lowest BCUT2D eigenvalue weighted by molar-refractivity contribution is 0.231. The van der Waals surface area contributed by atoms with E-state index in [4.69, 9.17) is 5.11 Å². The molecule has 0 atom stereocenters. The number of aliphatic hydroxyl groups is 1. The van der Waals surface area contributed by atoms with Gasteiger partial charge < -0.3 is 10.4 Å². The minimum absolute atomic E-state index is 0.130. The first kappa shape index (κ1) is 14.1. The van der Waals surface area contributed by atoms with Crippen LogP contribution in [0.5, 0.6) is 0 Å². The molecule has 4 heteroatoms. The van der Waals surface area contributed by atoms with Crippen LogP contribution in [-0.2, 0) is 6.42 Å². The molecule has 96 valence electrons. The fourth-order valence-corrected chi connectivity index (χ4v) is 1.61. The van der Waals surface area contributed by atoms with Crippen LogP contribution in [0.3, 0.4) is 0 Å². The Morgan fingerprint density at radius 1 is 1.24 bits per heavy atom. The molecular weight excluding hydrogens is 224 g/mol. The summed E-state index contributed by atoms with van der Waals surface area (Å²) in [6.45, 7) is 4.78. The third-order valence-electron chi connectivity index (χ3n) is 2.74. The van der Waals surface area contributed by atoms with Gasteiger partial charge in [-0.1, -0.05) is 6.07 Å². The van der Waals surface area contributed by atoms with Gasteiger partial charge in [-0.15, -0.1) is 0 Å². The van der Waals surface area contributed by atoms with Gasteiger partial charge in [-0.2, -0.15) is 0 Å².